The number of rotatable bonds is 3. The molecule has 0 radical (unpaired) electrons. The van der Waals surface area contributed by atoms with Crippen LogP contribution in [0.4, 0.5) is 0 Å². The van der Waals surface area contributed by atoms with Crippen molar-refractivity contribution >= 4 is 22.7 Å². The molecule has 2 amide bonds. The Morgan fingerprint density at radius 3 is 2.47 bits per heavy atom. The normalized spacial score (nSPS) is 20.7. The van der Waals surface area contributed by atoms with Gasteiger partial charge in [-0.15, -0.1) is 0 Å². The van der Waals surface area contributed by atoms with Crippen LogP contribution in [0.1, 0.15) is 42.2 Å². The molecule has 1 aromatic heterocycles. The van der Waals surface area contributed by atoms with Crippen LogP contribution >= 0.6 is 0 Å². The number of carbonyl (C=O) groups is 2. The molecule has 1 atom stereocenters. The van der Waals surface area contributed by atoms with Crippen LogP contribution in [0.3, 0.4) is 0 Å². The van der Waals surface area contributed by atoms with Crippen molar-refractivity contribution < 1.29 is 14.7 Å². The number of amides is 2. The van der Waals surface area contributed by atoms with Gasteiger partial charge in [-0.25, -0.2) is 0 Å². The third-order valence-electron chi connectivity index (χ3n) is 6.17. The zero-order valence-corrected chi connectivity index (χ0v) is 18.0. The second-order valence-electron chi connectivity index (χ2n) is 9.00. The highest BCUT2D eigenvalue weighted by atomic mass is 16.3. The second kappa shape index (κ2) is 7.96. The molecule has 2 aliphatic rings. The third kappa shape index (κ3) is 4.04. The van der Waals surface area contributed by atoms with Crippen molar-refractivity contribution in [2.75, 3.05) is 46.3 Å². The Morgan fingerprint density at radius 2 is 1.77 bits per heavy atom. The molecule has 2 saturated heterocycles. The number of aliphatic hydroxyl groups is 1. The molecular formula is C23H30N4O3. The van der Waals surface area contributed by atoms with Gasteiger partial charge in [0.2, 0.25) is 0 Å². The van der Waals surface area contributed by atoms with Gasteiger partial charge in [0, 0.05) is 56.3 Å². The Kier molecular flexibility index (Phi) is 5.51. The minimum Gasteiger partial charge on any atom is -0.381 e. The molecule has 0 spiro atoms. The number of nitrogens with zero attached hydrogens (tertiary/aromatic N) is 4. The Bertz CT molecular complexity index is 961. The summed E-state index contributed by atoms with van der Waals surface area (Å²) in [6.07, 6.45) is 0.773. The van der Waals surface area contributed by atoms with Crippen LogP contribution < -0.4 is 0 Å². The van der Waals surface area contributed by atoms with Gasteiger partial charge in [0.1, 0.15) is 5.60 Å². The van der Waals surface area contributed by atoms with Crippen molar-refractivity contribution in [2.45, 2.75) is 31.8 Å². The van der Waals surface area contributed by atoms with Crippen LogP contribution in [-0.4, -0.2) is 88.5 Å². The maximum absolute atomic E-state index is 13.4. The van der Waals surface area contributed by atoms with E-state index in [1.165, 1.54) is 13.8 Å². The van der Waals surface area contributed by atoms with Gasteiger partial charge in [0.05, 0.1) is 11.1 Å². The van der Waals surface area contributed by atoms with Gasteiger partial charge in [-0.3, -0.25) is 14.6 Å². The number of likely N-dealkylation sites (tertiary alicyclic amines) is 1. The summed E-state index contributed by atoms with van der Waals surface area (Å²) in [5.74, 6) is -0.162. The van der Waals surface area contributed by atoms with Gasteiger partial charge in [-0.2, -0.15) is 0 Å². The molecule has 0 saturated carbocycles. The van der Waals surface area contributed by atoms with Crippen molar-refractivity contribution in [3.05, 3.63) is 41.6 Å². The molecule has 7 nitrogen and oxygen atoms in total. The maximum Gasteiger partial charge on any atom is 0.254 e. The van der Waals surface area contributed by atoms with Crippen molar-refractivity contribution in [2.24, 2.45) is 0 Å². The average molecular weight is 411 g/mol. The molecular weight excluding hydrogens is 380 g/mol. The van der Waals surface area contributed by atoms with Gasteiger partial charge < -0.3 is 19.8 Å². The minimum absolute atomic E-state index is 0.0466. The summed E-state index contributed by atoms with van der Waals surface area (Å²) in [6.45, 7) is 7.32. The van der Waals surface area contributed by atoms with Gasteiger partial charge in [-0.05, 0) is 39.4 Å². The first-order valence-electron chi connectivity index (χ1n) is 10.6. The van der Waals surface area contributed by atoms with Crippen molar-refractivity contribution in [1.29, 1.82) is 0 Å². The number of carbonyl (C=O) groups excluding carboxylic acids is 2. The summed E-state index contributed by atoms with van der Waals surface area (Å²) in [6, 6.07) is 9.68. The lowest BCUT2D eigenvalue weighted by Gasteiger charge is -2.32. The molecule has 30 heavy (non-hydrogen) atoms. The molecule has 0 unspecified atom stereocenters. The first kappa shape index (κ1) is 20.8. The highest BCUT2D eigenvalue weighted by Gasteiger charge is 2.35. The zero-order chi connectivity index (χ0) is 21.5. The number of likely N-dealkylation sites (N-methyl/N-ethyl adjacent to an activating group) is 1. The van der Waals surface area contributed by atoms with E-state index >= 15 is 0 Å². The lowest BCUT2D eigenvalue weighted by atomic mass is 9.98. The van der Waals surface area contributed by atoms with Crippen LogP contribution in [0.2, 0.25) is 0 Å². The summed E-state index contributed by atoms with van der Waals surface area (Å²) in [7, 11) is 2.07. The quantitative estimate of drug-likeness (QED) is 0.834. The molecule has 1 N–H and O–H groups in total. The molecule has 4 rings (SSSR count). The van der Waals surface area contributed by atoms with Crippen LogP contribution in [0.15, 0.2) is 30.3 Å². The fourth-order valence-corrected chi connectivity index (χ4v) is 4.33. The Balaban J connectivity index is 1.64. The Labute approximate surface area is 177 Å². The topological polar surface area (TPSA) is 77.0 Å². The molecule has 160 valence electrons. The summed E-state index contributed by atoms with van der Waals surface area (Å²) in [5, 5.41) is 10.9. The predicted molar refractivity (Wildman–Crippen MR) is 115 cm³/mol. The van der Waals surface area contributed by atoms with E-state index in [0.29, 0.717) is 18.7 Å². The van der Waals surface area contributed by atoms with E-state index in [2.05, 4.69) is 11.9 Å². The fraction of sp³-hybridized carbons (Fsp3) is 0.522. The highest BCUT2D eigenvalue weighted by molar-refractivity contribution is 6.06. The van der Waals surface area contributed by atoms with Crippen molar-refractivity contribution in [3.63, 3.8) is 0 Å². The third-order valence-corrected chi connectivity index (χ3v) is 6.17. The minimum atomic E-state index is -1.38. The summed E-state index contributed by atoms with van der Waals surface area (Å²) in [5.41, 5.74) is 0.957. The summed E-state index contributed by atoms with van der Waals surface area (Å²) < 4.78 is 0. The number of pyridine rings is 1. The van der Waals surface area contributed by atoms with E-state index in [1.54, 1.807) is 4.90 Å². The molecule has 3 heterocycles. The Morgan fingerprint density at radius 1 is 1.07 bits per heavy atom. The molecule has 0 aliphatic carbocycles. The highest BCUT2D eigenvalue weighted by Crippen LogP contribution is 2.31. The lowest BCUT2D eigenvalue weighted by molar-refractivity contribution is -0.146. The zero-order valence-electron chi connectivity index (χ0n) is 18.0. The van der Waals surface area contributed by atoms with E-state index < -0.39 is 5.60 Å². The van der Waals surface area contributed by atoms with Crippen molar-refractivity contribution in [1.82, 2.24) is 19.7 Å². The number of aromatic nitrogens is 1. The lowest BCUT2D eigenvalue weighted by Crippen LogP contribution is -2.47. The van der Waals surface area contributed by atoms with Crippen molar-refractivity contribution in [3.8, 4) is 0 Å². The first-order chi connectivity index (χ1) is 14.2. The largest absolute Gasteiger partial charge is 0.381 e. The van der Waals surface area contributed by atoms with E-state index in [1.807, 2.05) is 35.2 Å². The number of fused-ring (bicyclic) bond motifs is 1. The molecule has 2 aliphatic heterocycles. The van der Waals surface area contributed by atoms with Gasteiger partial charge in [-0.1, -0.05) is 18.2 Å². The molecule has 1 aromatic carbocycles. The standard InChI is InChI=1S/C23H30N4O3/c1-23(2,30)22(29)27-9-8-16(15-27)20-14-18(17-6-4-5-7-19(17)24-20)21(28)26-12-10-25(3)11-13-26/h4-7,14,16,30H,8-13,15H2,1-3H3/t16-/m0/s1. The van der Waals surface area contributed by atoms with Gasteiger partial charge in [0.25, 0.3) is 11.8 Å². The number of piperazine rings is 1. The van der Waals surface area contributed by atoms with Gasteiger partial charge >= 0.3 is 0 Å². The van der Waals surface area contributed by atoms with Gasteiger partial charge in [0.15, 0.2) is 0 Å². The number of hydrogen-bond donors (Lipinski definition) is 1. The van der Waals surface area contributed by atoms with Crippen LogP contribution in [-0.2, 0) is 4.79 Å². The SMILES string of the molecule is CN1CCN(C(=O)c2cc([C@H]3CCN(C(=O)C(C)(C)O)C3)nc3ccccc23)CC1. The van der Waals surface area contributed by atoms with E-state index in [-0.39, 0.29) is 17.7 Å². The molecule has 2 aromatic rings. The predicted octanol–water partition coefficient (Wildman–Crippen LogP) is 1.71. The number of para-hydroxylation sites is 1. The second-order valence-corrected chi connectivity index (χ2v) is 9.00. The van der Waals surface area contributed by atoms with Crippen LogP contribution in [0, 0.1) is 0 Å². The van der Waals surface area contributed by atoms with E-state index in [0.717, 1.165) is 49.2 Å². The summed E-state index contributed by atoms with van der Waals surface area (Å²) in [4.78, 5) is 36.5. The first-order valence-corrected chi connectivity index (χ1v) is 10.6. The molecule has 2 fully saturated rings. The maximum atomic E-state index is 13.4. The average Bonchev–Trinajstić information content (AvgIpc) is 3.22. The van der Waals surface area contributed by atoms with Crippen LogP contribution in [0.25, 0.3) is 10.9 Å². The van der Waals surface area contributed by atoms with E-state index in [9.17, 15) is 14.7 Å². The number of hydrogen-bond acceptors (Lipinski definition) is 5. The van der Waals surface area contributed by atoms with Crippen LogP contribution in [0.5, 0.6) is 0 Å². The molecule has 0 bridgehead atoms. The molecule has 7 heteroatoms. The number of benzene rings is 1. The monoisotopic (exact) mass is 410 g/mol. The smallest absolute Gasteiger partial charge is 0.254 e. The fourth-order valence-electron chi connectivity index (χ4n) is 4.33. The van der Waals surface area contributed by atoms with E-state index in [4.69, 9.17) is 4.98 Å². The Hall–Kier alpha value is -2.51. The summed E-state index contributed by atoms with van der Waals surface area (Å²) >= 11 is 0.